The third-order valence-electron chi connectivity index (χ3n) is 0.980. The van der Waals surface area contributed by atoms with Crippen molar-refractivity contribution >= 4 is 6.29 Å². The van der Waals surface area contributed by atoms with Crippen LogP contribution < -0.4 is 0 Å². The summed E-state index contributed by atoms with van der Waals surface area (Å²) in [6.07, 6.45) is 1.17. The van der Waals surface area contributed by atoms with E-state index in [1.165, 1.54) is 0 Å². The maximum absolute atomic E-state index is 10.1. The summed E-state index contributed by atoms with van der Waals surface area (Å²) in [5.74, 6) is 0. The quantitative estimate of drug-likeness (QED) is 0.534. The molecule has 0 aliphatic heterocycles. The Balaban J connectivity index is 3.41. The molecule has 10 heavy (non-hydrogen) atoms. The zero-order chi connectivity index (χ0) is 7.82. The van der Waals surface area contributed by atoms with Crippen LogP contribution in [0.1, 0.15) is 19.8 Å². The Kier molecular flexibility index (Phi) is 5.69. The van der Waals surface area contributed by atoms with Gasteiger partial charge >= 0.3 is 0 Å². The molecule has 0 aromatic heterocycles. The first-order valence-electron chi connectivity index (χ1n) is 3.29. The fourth-order valence-corrected chi connectivity index (χ4v) is 0.506. The van der Waals surface area contributed by atoms with Crippen LogP contribution in [0.5, 0.6) is 0 Å². The van der Waals surface area contributed by atoms with Crippen LogP contribution in [0.15, 0.2) is 0 Å². The molecule has 0 rings (SSSR count). The van der Waals surface area contributed by atoms with Gasteiger partial charge in [-0.25, -0.2) is 0 Å². The summed E-state index contributed by atoms with van der Waals surface area (Å²) < 4.78 is 4.99. The van der Waals surface area contributed by atoms with E-state index < -0.39 is 6.10 Å². The zero-order valence-corrected chi connectivity index (χ0v) is 6.04. The van der Waals surface area contributed by atoms with Crippen LogP contribution in [0.4, 0.5) is 0 Å². The Labute approximate surface area is 60.6 Å². The molecule has 0 bridgehead atoms. The highest BCUT2D eigenvalue weighted by Gasteiger charge is 2.04. The van der Waals surface area contributed by atoms with Crippen molar-refractivity contribution in [2.24, 2.45) is 0 Å². The molecular formula is C7H11NO2. The standard InChI is InChI=1S/C7H11NO2/c1-2-5-10-7(6-9)3-4-8/h6-7H,2-3,5H2,1H3. The van der Waals surface area contributed by atoms with E-state index in [0.717, 1.165) is 6.42 Å². The Morgan fingerprint density at radius 1 is 1.80 bits per heavy atom. The number of carbonyl (C=O) groups is 1. The fourth-order valence-electron chi connectivity index (χ4n) is 0.506. The monoisotopic (exact) mass is 141 g/mol. The summed E-state index contributed by atoms with van der Waals surface area (Å²) in [6, 6.07) is 1.87. The van der Waals surface area contributed by atoms with E-state index in [0.29, 0.717) is 12.9 Å². The minimum Gasteiger partial charge on any atom is -0.370 e. The van der Waals surface area contributed by atoms with Crippen molar-refractivity contribution in [2.45, 2.75) is 25.9 Å². The van der Waals surface area contributed by atoms with Gasteiger partial charge in [-0.2, -0.15) is 5.26 Å². The summed E-state index contributed by atoms with van der Waals surface area (Å²) in [4.78, 5) is 10.1. The predicted octanol–water partition coefficient (Wildman–Crippen LogP) is 0.894. The molecule has 0 radical (unpaired) electrons. The lowest BCUT2D eigenvalue weighted by Crippen LogP contribution is -2.13. The lowest BCUT2D eigenvalue weighted by atomic mass is 10.3. The first-order chi connectivity index (χ1) is 4.85. The highest BCUT2D eigenvalue weighted by molar-refractivity contribution is 5.56. The van der Waals surface area contributed by atoms with E-state index in [-0.39, 0.29) is 6.42 Å². The Morgan fingerprint density at radius 2 is 2.50 bits per heavy atom. The van der Waals surface area contributed by atoms with Gasteiger partial charge in [0.1, 0.15) is 12.4 Å². The van der Waals surface area contributed by atoms with Crippen molar-refractivity contribution in [3.63, 3.8) is 0 Å². The molecule has 0 heterocycles. The number of ether oxygens (including phenoxy) is 1. The van der Waals surface area contributed by atoms with Gasteiger partial charge in [0.05, 0.1) is 12.5 Å². The Hall–Kier alpha value is -0.880. The highest BCUT2D eigenvalue weighted by Crippen LogP contribution is 1.94. The van der Waals surface area contributed by atoms with Crippen LogP contribution in [0.25, 0.3) is 0 Å². The van der Waals surface area contributed by atoms with Crippen LogP contribution in [0, 0.1) is 11.3 Å². The first-order valence-corrected chi connectivity index (χ1v) is 3.29. The smallest absolute Gasteiger partial charge is 0.149 e. The molecule has 0 amide bonds. The Bertz CT molecular complexity index is 128. The van der Waals surface area contributed by atoms with Crippen molar-refractivity contribution in [2.75, 3.05) is 6.61 Å². The van der Waals surface area contributed by atoms with Crippen molar-refractivity contribution in [3.05, 3.63) is 0 Å². The predicted molar refractivity (Wildman–Crippen MR) is 36.3 cm³/mol. The number of hydrogen-bond acceptors (Lipinski definition) is 3. The number of rotatable bonds is 5. The van der Waals surface area contributed by atoms with Crippen molar-refractivity contribution in [3.8, 4) is 6.07 Å². The largest absolute Gasteiger partial charge is 0.370 e. The molecule has 0 fully saturated rings. The molecular weight excluding hydrogens is 130 g/mol. The molecule has 3 nitrogen and oxygen atoms in total. The average molecular weight is 141 g/mol. The van der Waals surface area contributed by atoms with Crippen LogP contribution in [-0.2, 0) is 9.53 Å². The van der Waals surface area contributed by atoms with Gasteiger partial charge < -0.3 is 9.53 Å². The molecule has 3 heteroatoms. The van der Waals surface area contributed by atoms with Crippen LogP contribution in [0.2, 0.25) is 0 Å². The highest BCUT2D eigenvalue weighted by atomic mass is 16.5. The second-order valence-corrected chi connectivity index (χ2v) is 1.91. The van der Waals surface area contributed by atoms with Crippen molar-refractivity contribution in [1.82, 2.24) is 0 Å². The van der Waals surface area contributed by atoms with Gasteiger partial charge in [-0.15, -0.1) is 0 Å². The van der Waals surface area contributed by atoms with Crippen molar-refractivity contribution in [1.29, 1.82) is 5.26 Å². The summed E-state index contributed by atoms with van der Waals surface area (Å²) in [7, 11) is 0. The third kappa shape index (κ3) is 4.04. The SMILES string of the molecule is CCCOC(C=O)CC#N. The molecule has 0 aliphatic rings. The minimum atomic E-state index is -0.523. The lowest BCUT2D eigenvalue weighted by molar-refractivity contribution is -0.117. The van der Waals surface area contributed by atoms with E-state index in [9.17, 15) is 4.79 Å². The van der Waals surface area contributed by atoms with Gasteiger partial charge in [0.25, 0.3) is 0 Å². The minimum absolute atomic E-state index is 0.156. The van der Waals surface area contributed by atoms with Gasteiger partial charge in [0.15, 0.2) is 0 Å². The number of nitriles is 1. The molecule has 0 spiro atoms. The fraction of sp³-hybridized carbons (Fsp3) is 0.714. The molecule has 1 unspecified atom stereocenters. The lowest BCUT2D eigenvalue weighted by Gasteiger charge is -2.05. The molecule has 0 N–H and O–H groups in total. The van der Waals surface area contributed by atoms with Gasteiger partial charge in [0, 0.05) is 6.61 Å². The topological polar surface area (TPSA) is 50.1 Å². The third-order valence-corrected chi connectivity index (χ3v) is 0.980. The summed E-state index contributed by atoms with van der Waals surface area (Å²) in [5.41, 5.74) is 0. The average Bonchev–Trinajstić information content (AvgIpc) is 1.98. The number of nitrogens with zero attached hydrogens (tertiary/aromatic N) is 1. The molecule has 0 saturated carbocycles. The van der Waals surface area contributed by atoms with Gasteiger partial charge in [-0.05, 0) is 6.42 Å². The maximum atomic E-state index is 10.1. The number of aldehydes is 1. The number of hydrogen-bond donors (Lipinski definition) is 0. The van der Waals surface area contributed by atoms with Gasteiger partial charge in [-0.3, -0.25) is 0 Å². The second-order valence-electron chi connectivity index (χ2n) is 1.91. The van der Waals surface area contributed by atoms with E-state index in [1.54, 1.807) is 0 Å². The zero-order valence-electron chi connectivity index (χ0n) is 6.04. The van der Waals surface area contributed by atoms with E-state index in [4.69, 9.17) is 10.00 Å². The van der Waals surface area contributed by atoms with Gasteiger partial charge in [-0.1, -0.05) is 6.92 Å². The molecule has 0 saturated heterocycles. The first kappa shape index (κ1) is 9.12. The molecule has 56 valence electrons. The normalized spacial score (nSPS) is 12.0. The van der Waals surface area contributed by atoms with Gasteiger partial charge in [0.2, 0.25) is 0 Å². The number of carbonyl (C=O) groups excluding carboxylic acids is 1. The van der Waals surface area contributed by atoms with Crippen LogP contribution in [-0.4, -0.2) is 19.0 Å². The van der Waals surface area contributed by atoms with E-state index in [2.05, 4.69) is 0 Å². The van der Waals surface area contributed by atoms with E-state index >= 15 is 0 Å². The summed E-state index contributed by atoms with van der Waals surface area (Å²) in [6.45, 7) is 2.50. The Morgan fingerprint density at radius 3 is 2.90 bits per heavy atom. The van der Waals surface area contributed by atoms with E-state index in [1.807, 2.05) is 13.0 Å². The van der Waals surface area contributed by atoms with Crippen LogP contribution in [0.3, 0.4) is 0 Å². The summed E-state index contributed by atoms with van der Waals surface area (Å²) >= 11 is 0. The maximum Gasteiger partial charge on any atom is 0.149 e. The van der Waals surface area contributed by atoms with Crippen molar-refractivity contribution < 1.29 is 9.53 Å². The molecule has 0 aromatic rings. The molecule has 0 aromatic carbocycles. The molecule has 0 aliphatic carbocycles. The summed E-state index contributed by atoms with van der Waals surface area (Å²) in [5, 5.41) is 8.18. The van der Waals surface area contributed by atoms with Crippen LogP contribution >= 0.6 is 0 Å². The molecule has 1 atom stereocenters. The second kappa shape index (κ2) is 6.24.